The summed E-state index contributed by atoms with van der Waals surface area (Å²) in [6, 6.07) is 5.26. The van der Waals surface area contributed by atoms with Gasteiger partial charge in [-0.25, -0.2) is 9.97 Å². The topological polar surface area (TPSA) is 118 Å². The first kappa shape index (κ1) is 16.7. The maximum atomic E-state index is 11.9. The van der Waals surface area contributed by atoms with E-state index < -0.39 is 12.1 Å². The van der Waals surface area contributed by atoms with Crippen LogP contribution in [0, 0.1) is 0 Å². The molecule has 8 heteroatoms. The zero-order valence-corrected chi connectivity index (χ0v) is 13.7. The van der Waals surface area contributed by atoms with Crippen molar-refractivity contribution in [1.82, 2.24) is 19.7 Å². The molecule has 8 nitrogen and oxygen atoms in total. The highest BCUT2D eigenvalue weighted by Crippen LogP contribution is 2.26. The third-order valence-electron chi connectivity index (χ3n) is 3.75. The lowest BCUT2D eigenvalue weighted by Crippen LogP contribution is -2.10. The lowest BCUT2D eigenvalue weighted by molar-refractivity contribution is -0.137. The van der Waals surface area contributed by atoms with Gasteiger partial charge >= 0.3 is 5.97 Å². The van der Waals surface area contributed by atoms with E-state index in [-0.39, 0.29) is 18.0 Å². The molecule has 0 aliphatic heterocycles. The van der Waals surface area contributed by atoms with Crippen LogP contribution in [0.4, 0.5) is 0 Å². The number of aliphatic hydroxyl groups excluding tert-OH is 1. The van der Waals surface area contributed by atoms with E-state index in [2.05, 4.69) is 15.1 Å². The molecule has 128 valence electrons. The van der Waals surface area contributed by atoms with Crippen LogP contribution in [0.25, 0.3) is 22.0 Å². The van der Waals surface area contributed by atoms with E-state index in [4.69, 9.17) is 5.11 Å². The minimum absolute atomic E-state index is 0.222. The molecule has 3 rings (SSSR count). The number of fused-ring (bicyclic) bond motifs is 1. The molecule has 0 saturated carbocycles. The Hall–Kier alpha value is -3.13. The summed E-state index contributed by atoms with van der Waals surface area (Å²) in [7, 11) is 0. The lowest BCUT2D eigenvalue weighted by atomic mass is 10.0. The molecule has 2 aromatic heterocycles. The van der Waals surface area contributed by atoms with Crippen molar-refractivity contribution >= 4 is 22.7 Å². The maximum Gasteiger partial charge on any atom is 0.325 e. The number of aromatic nitrogens is 4. The van der Waals surface area contributed by atoms with Crippen LogP contribution in [0.1, 0.15) is 36.3 Å². The molecular weight excluding hydrogens is 324 g/mol. The third kappa shape index (κ3) is 3.24. The maximum absolute atomic E-state index is 11.9. The van der Waals surface area contributed by atoms with Gasteiger partial charge in [-0.15, -0.1) is 0 Å². The van der Waals surface area contributed by atoms with Crippen molar-refractivity contribution in [1.29, 1.82) is 0 Å². The van der Waals surface area contributed by atoms with Gasteiger partial charge in [0.15, 0.2) is 11.6 Å². The quantitative estimate of drug-likeness (QED) is 0.680. The Balaban J connectivity index is 2.11. The van der Waals surface area contributed by atoms with Crippen LogP contribution in [-0.4, -0.2) is 41.7 Å². The number of rotatable bonds is 5. The molecular formula is C17H16N4O4. The molecule has 2 N–H and O–H groups in total. The van der Waals surface area contributed by atoms with Crippen molar-refractivity contribution in [2.75, 3.05) is 0 Å². The van der Waals surface area contributed by atoms with Gasteiger partial charge < -0.3 is 10.2 Å². The van der Waals surface area contributed by atoms with Gasteiger partial charge in [0.1, 0.15) is 18.3 Å². The van der Waals surface area contributed by atoms with Crippen molar-refractivity contribution in [3.63, 3.8) is 0 Å². The monoisotopic (exact) mass is 340 g/mol. The second-order valence-corrected chi connectivity index (χ2v) is 5.69. The number of hydrogen-bond acceptors (Lipinski definition) is 6. The first-order valence-electron chi connectivity index (χ1n) is 7.60. The number of benzene rings is 1. The van der Waals surface area contributed by atoms with E-state index in [1.807, 2.05) is 0 Å². The summed E-state index contributed by atoms with van der Waals surface area (Å²) in [6.45, 7) is 2.65. The van der Waals surface area contributed by atoms with E-state index in [1.165, 1.54) is 11.6 Å². The van der Waals surface area contributed by atoms with Crippen molar-refractivity contribution in [2.24, 2.45) is 0 Å². The fourth-order valence-electron chi connectivity index (χ4n) is 2.57. The first-order valence-corrected chi connectivity index (χ1v) is 7.60. The molecule has 0 aliphatic carbocycles. The van der Waals surface area contributed by atoms with Gasteiger partial charge in [0.2, 0.25) is 0 Å². The second-order valence-electron chi connectivity index (χ2n) is 5.69. The molecule has 0 radical (unpaired) electrons. The van der Waals surface area contributed by atoms with E-state index >= 15 is 0 Å². The van der Waals surface area contributed by atoms with E-state index in [1.54, 1.807) is 37.5 Å². The molecule has 0 amide bonds. The van der Waals surface area contributed by atoms with Crippen molar-refractivity contribution in [2.45, 2.75) is 26.5 Å². The molecule has 0 aliphatic rings. The van der Waals surface area contributed by atoms with Gasteiger partial charge in [-0.05, 0) is 24.6 Å². The summed E-state index contributed by atoms with van der Waals surface area (Å²) in [6.07, 6.45) is 2.42. The predicted octanol–water partition coefficient (Wildman–Crippen LogP) is 1.83. The Morgan fingerprint density at radius 2 is 1.88 bits per heavy atom. The SMILES string of the molecule is CC(=O)c1nn(CC(=O)O)c2ccc(-c3cnc(C(C)O)nc3)cc12. The average Bonchev–Trinajstić information content (AvgIpc) is 2.92. The van der Waals surface area contributed by atoms with Crippen LogP contribution in [-0.2, 0) is 11.3 Å². The minimum Gasteiger partial charge on any atom is -0.480 e. The summed E-state index contributed by atoms with van der Waals surface area (Å²) >= 11 is 0. The fraction of sp³-hybridized carbons (Fsp3) is 0.235. The summed E-state index contributed by atoms with van der Waals surface area (Å²) in [5.74, 6) is -0.957. The molecule has 0 fully saturated rings. The summed E-state index contributed by atoms with van der Waals surface area (Å²) in [5, 5.41) is 23.2. The smallest absolute Gasteiger partial charge is 0.325 e. The number of nitrogens with zero attached hydrogens (tertiary/aromatic N) is 4. The second kappa shape index (κ2) is 6.40. The Labute approximate surface area is 142 Å². The molecule has 0 bridgehead atoms. The van der Waals surface area contributed by atoms with Crippen LogP contribution in [0.2, 0.25) is 0 Å². The number of carbonyl (C=O) groups excluding carboxylic acids is 1. The summed E-state index contributed by atoms with van der Waals surface area (Å²) in [4.78, 5) is 31.1. The highest BCUT2D eigenvalue weighted by Gasteiger charge is 2.16. The zero-order chi connectivity index (χ0) is 18.1. The number of aliphatic hydroxyl groups is 1. The average molecular weight is 340 g/mol. The predicted molar refractivity (Wildman–Crippen MR) is 89.0 cm³/mol. The first-order chi connectivity index (χ1) is 11.9. The Morgan fingerprint density at radius 3 is 2.44 bits per heavy atom. The van der Waals surface area contributed by atoms with Gasteiger partial charge in [-0.3, -0.25) is 14.3 Å². The highest BCUT2D eigenvalue weighted by atomic mass is 16.4. The number of ketones is 1. The third-order valence-corrected chi connectivity index (χ3v) is 3.75. The van der Waals surface area contributed by atoms with Crippen molar-refractivity contribution < 1.29 is 19.8 Å². The Kier molecular flexibility index (Phi) is 4.28. The van der Waals surface area contributed by atoms with Crippen LogP contribution < -0.4 is 0 Å². The minimum atomic E-state index is -1.04. The Bertz CT molecular complexity index is 961. The normalized spacial score (nSPS) is 12.3. The van der Waals surface area contributed by atoms with Gasteiger partial charge in [0.25, 0.3) is 0 Å². The van der Waals surface area contributed by atoms with Crippen molar-refractivity contribution in [3.05, 3.63) is 42.1 Å². The molecule has 25 heavy (non-hydrogen) atoms. The number of carboxylic acid groups (broad SMARTS) is 1. The van der Waals surface area contributed by atoms with Gasteiger partial charge in [0, 0.05) is 30.3 Å². The highest BCUT2D eigenvalue weighted by molar-refractivity contribution is 6.06. The standard InChI is InChI=1S/C17H16N4O4/c1-9(22)16-13-5-11(12-6-18-17(10(2)23)19-7-12)3-4-14(13)21(20-16)8-15(24)25/h3-7,10,23H,8H2,1-2H3,(H,24,25). The van der Waals surface area contributed by atoms with Gasteiger partial charge in [0.05, 0.1) is 5.52 Å². The molecule has 1 unspecified atom stereocenters. The molecule has 1 atom stereocenters. The summed E-state index contributed by atoms with van der Waals surface area (Å²) in [5.41, 5.74) is 2.27. The summed E-state index contributed by atoms with van der Waals surface area (Å²) < 4.78 is 1.30. The van der Waals surface area contributed by atoms with E-state index in [0.717, 1.165) is 5.56 Å². The fourth-order valence-corrected chi connectivity index (χ4v) is 2.57. The van der Waals surface area contributed by atoms with Crippen LogP contribution in [0.5, 0.6) is 0 Å². The number of aliphatic carboxylic acids is 1. The zero-order valence-electron chi connectivity index (χ0n) is 13.7. The molecule has 1 aromatic carbocycles. The number of carboxylic acids is 1. The van der Waals surface area contributed by atoms with Gasteiger partial charge in [-0.1, -0.05) is 6.07 Å². The molecule has 2 heterocycles. The Morgan fingerprint density at radius 1 is 1.20 bits per heavy atom. The van der Waals surface area contributed by atoms with Crippen molar-refractivity contribution in [3.8, 4) is 11.1 Å². The molecule has 0 saturated heterocycles. The molecule has 0 spiro atoms. The van der Waals surface area contributed by atoms with Crippen LogP contribution in [0.3, 0.4) is 0 Å². The number of hydrogen-bond donors (Lipinski definition) is 2. The number of Topliss-reactive ketones (excluding diaryl/α,β-unsaturated/α-hetero) is 1. The van der Waals surface area contributed by atoms with Crippen LogP contribution in [0.15, 0.2) is 30.6 Å². The molecule has 3 aromatic rings. The largest absolute Gasteiger partial charge is 0.480 e. The lowest BCUT2D eigenvalue weighted by Gasteiger charge is -2.05. The van der Waals surface area contributed by atoms with E-state index in [9.17, 15) is 14.7 Å². The van der Waals surface area contributed by atoms with E-state index in [0.29, 0.717) is 22.3 Å². The van der Waals surface area contributed by atoms with Gasteiger partial charge in [-0.2, -0.15) is 5.10 Å². The number of carbonyl (C=O) groups is 2. The van der Waals surface area contributed by atoms with Crippen LogP contribution >= 0.6 is 0 Å².